The molecule has 0 bridgehead atoms. The van der Waals surface area contributed by atoms with Crippen LogP contribution in [-0.4, -0.2) is 34.5 Å². The Labute approximate surface area is 125 Å². The summed E-state index contributed by atoms with van der Waals surface area (Å²) in [6.07, 6.45) is 8.13. The SMILES string of the molecule is CSC1(CNC(=O)C2C(C(=O)O)C2(C)C)CCCCC1. The molecule has 0 saturated heterocycles. The molecule has 114 valence electrons. The third-order valence-electron chi connectivity index (χ3n) is 5.16. The zero-order chi connectivity index (χ0) is 15.0. The highest BCUT2D eigenvalue weighted by Gasteiger charge is 2.65. The molecule has 2 atom stereocenters. The molecule has 5 heteroatoms. The van der Waals surface area contributed by atoms with Gasteiger partial charge in [-0.3, -0.25) is 9.59 Å². The number of hydrogen-bond acceptors (Lipinski definition) is 3. The predicted octanol–water partition coefficient (Wildman–Crippen LogP) is 2.53. The van der Waals surface area contributed by atoms with Crippen molar-refractivity contribution in [3.63, 3.8) is 0 Å². The molecule has 0 spiro atoms. The number of carbonyl (C=O) groups is 2. The van der Waals surface area contributed by atoms with Crippen LogP contribution in [0.5, 0.6) is 0 Å². The maximum Gasteiger partial charge on any atom is 0.307 e. The fraction of sp³-hybridized carbons (Fsp3) is 0.867. The van der Waals surface area contributed by atoms with Gasteiger partial charge in [-0.2, -0.15) is 11.8 Å². The van der Waals surface area contributed by atoms with Gasteiger partial charge < -0.3 is 10.4 Å². The molecule has 20 heavy (non-hydrogen) atoms. The van der Waals surface area contributed by atoms with E-state index in [-0.39, 0.29) is 16.6 Å². The van der Waals surface area contributed by atoms with Crippen LogP contribution in [0, 0.1) is 17.3 Å². The van der Waals surface area contributed by atoms with E-state index >= 15 is 0 Å². The molecule has 2 N–H and O–H groups in total. The van der Waals surface area contributed by atoms with E-state index in [0.29, 0.717) is 6.54 Å². The molecule has 0 aromatic carbocycles. The van der Waals surface area contributed by atoms with E-state index in [1.54, 1.807) is 0 Å². The van der Waals surface area contributed by atoms with Gasteiger partial charge in [0.05, 0.1) is 11.8 Å². The summed E-state index contributed by atoms with van der Waals surface area (Å²) in [5, 5.41) is 12.2. The Kier molecular flexibility index (Phi) is 4.38. The molecular weight excluding hydrogens is 274 g/mol. The van der Waals surface area contributed by atoms with Crippen molar-refractivity contribution in [3.8, 4) is 0 Å². The number of rotatable bonds is 5. The highest BCUT2D eigenvalue weighted by molar-refractivity contribution is 8.00. The Balaban J connectivity index is 1.91. The van der Waals surface area contributed by atoms with E-state index in [9.17, 15) is 9.59 Å². The van der Waals surface area contributed by atoms with E-state index in [2.05, 4.69) is 11.6 Å². The van der Waals surface area contributed by atoms with E-state index in [1.165, 1.54) is 19.3 Å². The zero-order valence-corrected chi connectivity index (χ0v) is 13.4. The van der Waals surface area contributed by atoms with Gasteiger partial charge in [0.25, 0.3) is 0 Å². The van der Waals surface area contributed by atoms with Gasteiger partial charge in [-0.1, -0.05) is 33.1 Å². The van der Waals surface area contributed by atoms with Crippen LogP contribution in [0.1, 0.15) is 46.0 Å². The minimum absolute atomic E-state index is 0.0820. The molecule has 1 amide bonds. The molecule has 2 aliphatic carbocycles. The molecule has 2 aliphatic rings. The van der Waals surface area contributed by atoms with E-state index in [0.717, 1.165) is 12.8 Å². The van der Waals surface area contributed by atoms with Gasteiger partial charge in [0.15, 0.2) is 0 Å². The van der Waals surface area contributed by atoms with Gasteiger partial charge in [-0.25, -0.2) is 0 Å². The summed E-state index contributed by atoms with van der Waals surface area (Å²) in [7, 11) is 0. The third kappa shape index (κ3) is 2.83. The molecule has 0 heterocycles. The molecule has 2 fully saturated rings. The topological polar surface area (TPSA) is 66.4 Å². The van der Waals surface area contributed by atoms with E-state index in [1.807, 2.05) is 25.6 Å². The second kappa shape index (κ2) is 5.58. The number of aliphatic carboxylic acids is 1. The fourth-order valence-corrected chi connectivity index (χ4v) is 4.51. The maximum atomic E-state index is 12.3. The van der Waals surface area contributed by atoms with Crippen molar-refractivity contribution in [3.05, 3.63) is 0 Å². The monoisotopic (exact) mass is 299 g/mol. The molecular formula is C15H25NO3S. The number of carboxylic acid groups (broad SMARTS) is 1. The maximum absolute atomic E-state index is 12.3. The normalized spacial score (nSPS) is 30.6. The van der Waals surface area contributed by atoms with Crippen LogP contribution < -0.4 is 5.32 Å². The van der Waals surface area contributed by atoms with Crippen LogP contribution in [0.3, 0.4) is 0 Å². The number of carboxylic acids is 1. The van der Waals surface area contributed by atoms with Crippen LogP contribution in [0.15, 0.2) is 0 Å². The quantitative estimate of drug-likeness (QED) is 0.818. The van der Waals surface area contributed by atoms with Crippen LogP contribution in [0.4, 0.5) is 0 Å². The van der Waals surface area contributed by atoms with Gasteiger partial charge in [-0.05, 0) is 24.5 Å². The van der Waals surface area contributed by atoms with Crippen molar-refractivity contribution < 1.29 is 14.7 Å². The van der Waals surface area contributed by atoms with Crippen molar-refractivity contribution >= 4 is 23.6 Å². The van der Waals surface area contributed by atoms with Crippen molar-refractivity contribution in [1.82, 2.24) is 5.32 Å². The van der Waals surface area contributed by atoms with Crippen molar-refractivity contribution in [2.75, 3.05) is 12.8 Å². The lowest BCUT2D eigenvalue weighted by Gasteiger charge is -2.35. The molecule has 4 nitrogen and oxygen atoms in total. The van der Waals surface area contributed by atoms with Crippen molar-refractivity contribution in [2.24, 2.45) is 17.3 Å². The van der Waals surface area contributed by atoms with E-state index in [4.69, 9.17) is 5.11 Å². The smallest absolute Gasteiger partial charge is 0.307 e. The highest BCUT2D eigenvalue weighted by atomic mass is 32.2. The fourth-order valence-electron chi connectivity index (χ4n) is 3.60. The zero-order valence-electron chi connectivity index (χ0n) is 12.6. The molecule has 2 saturated carbocycles. The number of amides is 1. The number of carbonyl (C=O) groups excluding carboxylic acids is 1. The third-order valence-corrected chi connectivity index (χ3v) is 6.58. The predicted molar refractivity (Wildman–Crippen MR) is 80.7 cm³/mol. The van der Waals surface area contributed by atoms with Gasteiger partial charge in [0.2, 0.25) is 5.91 Å². The molecule has 2 unspecified atom stereocenters. The van der Waals surface area contributed by atoms with Gasteiger partial charge in [0.1, 0.15) is 0 Å². The second-order valence-corrected chi connectivity index (χ2v) is 8.05. The average molecular weight is 299 g/mol. The summed E-state index contributed by atoms with van der Waals surface area (Å²) in [5.74, 6) is -1.84. The lowest BCUT2D eigenvalue weighted by atomic mass is 9.88. The molecule has 0 aromatic heterocycles. The Morgan fingerprint density at radius 1 is 1.20 bits per heavy atom. The van der Waals surface area contributed by atoms with Gasteiger partial charge >= 0.3 is 5.97 Å². The van der Waals surface area contributed by atoms with Crippen LogP contribution in [-0.2, 0) is 9.59 Å². The summed E-state index contributed by atoms with van der Waals surface area (Å²) < 4.78 is 0.158. The minimum atomic E-state index is -0.854. The summed E-state index contributed by atoms with van der Waals surface area (Å²) in [6, 6.07) is 0. The first-order valence-electron chi connectivity index (χ1n) is 7.40. The lowest BCUT2D eigenvalue weighted by Crippen LogP contribution is -2.42. The number of nitrogens with one attached hydrogen (secondary N) is 1. The van der Waals surface area contributed by atoms with E-state index < -0.39 is 17.3 Å². The first kappa shape index (κ1) is 15.7. The second-order valence-electron chi connectivity index (χ2n) is 6.78. The first-order chi connectivity index (χ1) is 9.34. The van der Waals surface area contributed by atoms with Crippen LogP contribution in [0.25, 0.3) is 0 Å². The van der Waals surface area contributed by atoms with Crippen molar-refractivity contribution in [1.29, 1.82) is 0 Å². The average Bonchev–Trinajstić information content (AvgIpc) is 3.00. The Morgan fingerprint density at radius 3 is 2.25 bits per heavy atom. The minimum Gasteiger partial charge on any atom is -0.481 e. The Bertz CT molecular complexity index is 402. The molecule has 0 aromatic rings. The van der Waals surface area contributed by atoms with Crippen LogP contribution >= 0.6 is 11.8 Å². The number of hydrogen-bond donors (Lipinski definition) is 2. The highest BCUT2D eigenvalue weighted by Crippen LogP contribution is 2.58. The first-order valence-corrected chi connectivity index (χ1v) is 8.62. The molecule has 0 aliphatic heterocycles. The summed E-state index contributed by atoms with van der Waals surface area (Å²) >= 11 is 1.84. The lowest BCUT2D eigenvalue weighted by molar-refractivity contribution is -0.140. The van der Waals surface area contributed by atoms with Gasteiger partial charge in [0, 0.05) is 11.3 Å². The Morgan fingerprint density at radius 2 is 1.80 bits per heavy atom. The Hall–Kier alpha value is -0.710. The molecule has 2 rings (SSSR count). The summed E-state index contributed by atoms with van der Waals surface area (Å²) in [5.41, 5.74) is -0.408. The van der Waals surface area contributed by atoms with Crippen molar-refractivity contribution in [2.45, 2.75) is 50.7 Å². The molecule has 0 radical (unpaired) electrons. The largest absolute Gasteiger partial charge is 0.481 e. The summed E-state index contributed by atoms with van der Waals surface area (Å²) in [4.78, 5) is 23.4. The van der Waals surface area contributed by atoms with Gasteiger partial charge in [-0.15, -0.1) is 0 Å². The standard InChI is InChI=1S/C15H25NO3S/c1-14(2)10(11(14)13(18)19)12(17)16-9-15(20-3)7-5-4-6-8-15/h10-11H,4-9H2,1-3H3,(H,16,17)(H,18,19). The number of thioether (sulfide) groups is 1. The summed E-state index contributed by atoms with van der Waals surface area (Å²) in [6.45, 7) is 4.40. The van der Waals surface area contributed by atoms with Crippen LogP contribution in [0.2, 0.25) is 0 Å².